The molecule has 0 saturated heterocycles. The Bertz CT molecular complexity index is 587. The van der Waals surface area contributed by atoms with Crippen LogP contribution >= 0.6 is 0 Å². The molecule has 0 aliphatic carbocycles. The van der Waals surface area contributed by atoms with Gasteiger partial charge < -0.3 is 11.1 Å². The Balaban J connectivity index is 2.34. The summed E-state index contributed by atoms with van der Waals surface area (Å²) in [6, 6.07) is 13.1. The standard InChI is InChI=1S/C13H10FN3/c14-10-4-5-13(9(6-10)8-15)17-12-3-1-2-11(16)7-12/h1-7,17H,16H2. The monoisotopic (exact) mass is 227 g/mol. The fourth-order valence-electron chi connectivity index (χ4n) is 1.49. The number of halogens is 1. The zero-order chi connectivity index (χ0) is 12.3. The summed E-state index contributed by atoms with van der Waals surface area (Å²) in [5, 5.41) is 11.9. The summed E-state index contributed by atoms with van der Waals surface area (Å²) in [6.07, 6.45) is 0. The van der Waals surface area contributed by atoms with Gasteiger partial charge in [-0.05, 0) is 36.4 Å². The van der Waals surface area contributed by atoms with Crippen molar-refractivity contribution in [3.8, 4) is 6.07 Å². The lowest BCUT2D eigenvalue weighted by atomic mass is 10.2. The Hall–Kier alpha value is -2.54. The van der Waals surface area contributed by atoms with E-state index in [2.05, 4.69) is 5.32 Å². The van der Waals surface area contributed by atoms with E-state index in [1.807, 2.05) is 12.1 Å². The van der Waals surface area contributed by atoms with Gasteiger partial charge in [0.05, 0.1) is 11.3 Å². The van der Waals surface area contributed by atoms with Crippen LogP contribution in [-0.2, 0) is 0 Å². The molecule has 0 aromatic heterocycles. The highest BCUT2D eigenvalue weighted by atomic mass is 19.1. The second kappa shape index (κ2) is 4.54. The molecular formula is C13H10FN3. The van der Waals surface area contributed by atoms with E-state index >= 15 is 0 Å². The van der Waals surface area contributed by atoms with Gasteiger partial charge in [-0.3, -0.25) is 0 Å². The summed E-state index contributed by atoms with van der Waals surface area (Å²) in [5.41, 5.74) is 7.83. The van der Waals surface area contributed by atoms with Gasteiger partial charge in [0.1, 0.15) is 11.9 Å². The highest BCUT2D eigenvalue weighted by Crippen LogP contribution is 2.22. The molecule has 0 radical (unpaired) electrons. The first kappa shape index (κ1) is 11.0. The summed E-state index contributed by atoms with van der Waals surface area (Å²) in [6.45, 7) is 0. The Morgan fingerprint density at radius 1 is 1.18 bits per heavy atom. The second-order valence-electron chi connectivity index (χ2n) is 3.55. The van der Waals surface area contributed by atoms with Gasteiger partial charge in [0, 0.05) is 11.4 Å². The highest BCUT2D eigenvalue weighted by Gasteiger charge is 2.03. The molecule has 0 heterocycles. The van der Waals surface area contributed by atoms with Crippen LogP contribution in [0.2, 0.25) is 0 Å². The fraction of sp³-hybridized carbons (Fsp3) is 0. The summed E-state index contributed by atoms with van der Waals surface area (Å²) in [5.74, 6) is -0.431. The predicted octanol–water partition coefficient (Wildman–Crippen LogP) is 3.02. The molecule has 84 valence electrons. The number of nitrogens with one attached hydrogen (secondary N) is 1. The van der Waals surface area contributed by atoms with Gasteiger partial charge in [-0.2, -0.15) is 5.26 Å². The third-order valence-electron chi connectivity index (χ3n) is 2.27. The first-order valence-electron chi connectivity index (χ1n) is 5.01. The second-order valence-corrected chi connectivity index (χ2v) is 3.55. The quantitative estimate of drug-likeness (QED) is 0.775. The molecule has 0 unspecified atom stereocenters. The molecule has 2 rings (SSSR count). The lowest BCUT2D eigenvalue weighted by molar-refractivity contribution is 0.627. The molecule has 4 heteroatoms. The van der Waals surface area contributed by atoms with Crippen LogP contribution in [0.15, 0.2) is 42.5 Å². The predicted molar refractivity (Wildman–Crippen MR) is 65.3 cm³/mol. The van der Waals surface area contributed by atoms with Gasteiger partial charge in [0.2, 0.25) is 0 Å². The third kappa shape index (κ3) is 2.52. The Labute approximate surface area is 98.3 Å². The first-order chi connectivity index (χ1) is 8.19. The Morgan fingerprint density at radius 2 is 2.00 bits per heavy atom. The van der Waals surface area contributed by atoms with Gasteiger partial charge >= 0.3 is 0 Å². The van der Waals surface area contributed by atoms with Crippen LogP contribution in [0.25, 0.3) is 0 Å². The van der Waals surface area contributed by atoms with Crippen molar-refractivity contribution in [2.45, 2.75) is 0 Å². The van der Waals surface area contributed by atoms with Crippen molar-refractivity contribution in [2.75, 3.05) is 11.1 Å². The molecule has 2 aromatic rings. The number of nitriles is 1. The molecule has 0 aliphatic rings. The molecule has 0 saturated carbocycles. The number of rotatable bonds is 2. The van der Waals surface area contributed by atoms with Crippen molar-refractivity contribution in [1.82, 2.24) is 0 Å². The van der Waals surface area contributed by atoms with Crippen molar-refractivity contribution >= 4 is 17.1 Å². The molecule has 17 heavy (non-hydrogen) atoms. The normalized spacial score (nSPS) is 9.65. The number of nitrogen functional groups attached to an aromatic ring is 1. The number of hydrogen-bond donors (Lipinski definition) is 2. The summed E-state index contributed by atoms with van der Waals surface area (Å²) >= 11 is 0. The molecule has 0 bridgehead atoms. The van der Waals surface area contributed by atoms with E-state index in [-0.39, 0.29) is 5.56 Å². The average Bonchev–Trinajstić information content (AvgIpc) is 2.31. The topological polar surface area (TPSA) is 61.8 Å². The molecule has 3 nitrogen and oxygen atoms in total. The van der Waals surface area contributed by atoms with E-state index in [4.69, 9.17) is 11.0 Å². The van der Waals surface area contributed by atoms with Gasteiger partial charge in [-0.25, -0.2) is 4.39 Å². The highest BCUT2D eigenvalue weighted by molar-refractivity contribution is 5.68. The number of hydrogen-bond acceptors (Lipinski definition) is 3. The lowest BCUT2D eigenvalue weighted by Gasteiger charge is -2.08. The largest absolute Gasteiger partial charge is 0.399 e. The molecule has 3 N–H and O–H groups in total. The minimum Gasteiger partial charge on any atom is -0.399 e. The maximum absolute atomic E-state index is 12.9. The van der Waals surface area contributed by atoms with E-state index in [0.717, 1.165) is 5.69 Å². The van der Waals surface area contributed by atoms with E-state index in [1.54, 1.807) is 18.2 Å². The Kier molecular flexibility index (Phi) is 2.93. The van der Waals surface area contributed by atoms with Crippen LogP contribution in [0.4, 0.5) is 21.5 Å². The number of benzene rings is 2. The number of anilines is 3. The van der Waals surface area contributed by atoms with Gasteiger partial charge in [0.15, 0.2) is 0 Å². The molecule has 0 atom stereocenters. The van der Waals surface area contributed by atoms with Crippen molar-refractivity contribution < 1.29 is 4.39 Å². The van der Waals surface area contributed by atoms with Gasteiger partial charge in [-0.15, -0.1) is 0 Å². The first-order valence-corrected chi connectivity index (χ1v) is 5.01. The summed E-state index contributed by atoms with van der Waals surface area (Å²) < 4.78 is 12.9. The summed E-state index contributed by atoms with van der Waals surface area (Å²) in [7, 11) is 0. The smallest absolute Gasteiger partial charge is 0.124 e. The fourth-order valence-corrected chi connectivity index (χ4v) is 1.49. The average molecular weight is 227 g/mol. The molecule has 0 aliphatic heterocycles. The third-order valence-corrected chi connectivity index (χ3v) is 2.27. The minimum absolute atomic E-state index is 0.257. The van der Waals surface area contributed by atoms with Crippen molar-refractivity contribution in [1.29, 1.82) is 5.26 Å². The van der Waals surface area contributed by atoms with Crippen LogP contribution < -0.4 is 11.1 Å². The van der Waals surface area contributed by atoms with E-state index in [0.29, 0.717) is 11.4 Å². The minimum atomic E-state index is -0.431. The van der Waals surface area contributed by atoms with Crippen molar-refractivity contribution in [3.63, 3.8) is 0 Å². The lowest BCUT2D eigenvalue weighted by Crippen LogP contribution is -1.95. The maximum atomic E-state index is 12.9. The maximum Gasteiger partial charge on any atom is 0.124 e. The molecule has 0 fully saturated rings. The van der Waals surface area contributed by atoms with E-state index < -0.39 is 5.82 Å². The zero-order valence-electron chi connectivity index (χ0n) is 8.94. The van der Waals surface area contributed by atoms with Crippen LogP contribution in [0.1, 0.15) is 5.56 Å². The molecular weight excluding hydrogens is 217 g/mol. The van der Waals surface area contributed by atoms with Crippen molar-refractivity contribution in [3.05, 3.63) is 53.8 Å². The van der Waals surface area contributed by atoms with Gasteiger partial charge in [0.25, 0.3) is 0 Å². The van der Waals surface area contributed by atoms with Crippen molar-refractivity contribution in [2.24, 2.45) is 0 Å². The molecule has 0 amide bonds. The van der Waals surface area contributed by atoms with E-state index in [1.165, 1.54) is 18.2 Å². The van der Waals surface area contributed by atoms with E-state index in [9.17, 15) is 4.39 Å². The van der Waals surface area contributed by atoms with Crippen LogP contribution in [0.3, 0.4) is 0 Å². The number of nitrogens with two attached hydrogens (primary N) is 1. The van der Waals surface area contributed by atoms with Crippen LogP contribution in [0, 0.1) is 17.1 Å². The Morgan fingerprint density at radius 3 is 2.71 bits per heavy atom. The SMILES string of the molecule is N#Cc1cc(F)ccc1Nc1cccc(N)c1. The van der Waals surface area contributed by atoms with Gasteiger partial charge in [-0.1, -0.05) is 6.07 Å². The van der Waals surface area contributed by atoms with Crippen LogP contribution in [-0.4, -0.2) is 0 Å². The molecule has 0 spiro atoms. The summed E-state index contributed by atoms with van der Waals surface area (Å²) in [4.78, 5) is 0. The van der Waals surface area contributed by atoms with Crippen LogP contribution in [0.5, 0.6) is 0 Å². The zero-order valence-corrected chi connectivity index (χ0v) is 8.94. The molecule has 2 aromatic carbocycles. The number of nitrogens with zero attached hydrogens (tertiary/aromatic N) is 1.